The molecule has 1 unspecified atom stereocenters. The van der Waals surface area contributed by atoms with Gasteiger partial charge in [0.05, 0.1) is 12.6 Å². The number of benzene rings is 1. The fourth-order valence-electron chi connectivity index (χ4n) is 2.40. The van der Waals surface area contributed by atoms with Crippen LogP contribution in [-0.2, 0) is 0 Å². The highest BCUT2D eigenvalue weighted by atomic mass is 35.5. The number of halogens is 1. The van der Waals surface area contributed by atoms with Crippen molar-refractivity contribution in [3.05, 3.63) is 57.0 Å². The minimum absolute atomic E-state index is 0.167. The smallest absolute Gasteiger partial charge is 0.272 e. The lowest BCUT2D eigenvalue weighted by Crippen LogP contribution is -2.29. The van der Waals surface area contributed by atoms with E-state index in [1.807, 2.05) is 6.07 Å². The highest BCUT2D eigenvalue weighted by Crippen LogP contribution is 2.33. The molecule has 1 atom stereocenters. The normalized spacial score (nSPS) is 17.0. The van der Waals surface area contributed by atoms with Gasteiger partial charge in [-0.15, -0.1) is 0 Å². The van der Waals surface area contributed by atoms with Crippen LogP contribution in [-0.4, -0.2) is 22.7 Å². The fourth-order valence-corrected chi connectivity index (χ4v) is 2.56. The number of aromatic amines is 1. The van der Waals surface area contributed by atoms with Gasteiger partial charge in [0.1, 0.15) is 11.4 Å². The van der Waals surface area contributed by atoms with Gasteiger partial charge in [0, 0.05) is 16.7 Å². The number of ether oxygens (including phenoxy) is 1. The van der Waals surface area contributed by atoms with E-state index in [0.717, 1.165) is 18.4 Å². The zero-order chi connectivity index (χ0) is 15.5. The largest absolute Gasteiger partial charge is 0.493 e. The number of H-pyrrole nitrogens is 1. The van der Waals surface area contributed by atoms with E-state index in [9.17, 15) is 9.59 Å². The number of carbonyl (C=O) groups is 1. The number of aromatic nitrogens is 2. The van der Waals surface area contributed by atoms with Crippen LogP contribution in [0.2, 0.25) is 5.02 Å². The highest BCUT2D eigenvalue weighted by molar-refractivity contribution is 6.30. The minimum atomic E-state index is -0.348. The molecule has 0 radical (unpaired) electrons. The maximum absolute atomic E-state index is 12.3. The van der Waals surface area contributed by atoms with Crippen LogP contribution in [0.5, 0.6) is 5.75 Å². The zero-order valence-corrected chi connectivity index (χ0v) is 12.4. The van der Waals surface area contributed by atoms with E-state index in [1.165, 1.54) is 12.1 Å². The summed E-state index contributed by atoms with van der Waals surface area (Å²) in [5.74, 6) is 0.341. The van der Waals surface area contributed by atoms with Crippen molar-refractivity contribution in [2.24, 2.45) is 0 Å². The van der Waals surface area contributed by atoms with Gasteiger partial charge in [-0.3, -0.25) is 9.59 Å². The Kier molecular flexibility index (Phi) is 4.11. The molecule has 1 aromatic heterocycles. The summed E-state index contributed by atoms with van der Waals surface area (Å²) in [6, 6.07) is 7.85. The molecule has 22 heavy (non-hydrogen) atoms. The average Bonchev–Trinajstić information content (AvgIpc) is 2.70. The van der Waals surface area contributed by atoms with Crippen molar-refractivity contribution < 1.29 is 9.53 Å². The van der Waals surface area contributed by atoms with E-state index in [0.29, 0.717) is 17.4 Å². The molecule has 2 N–H and O–H groups in total. The third-order valence-corrected chi connectivity index (χ3v) is 3.70. The van der Waals surface area contributed by atoms with Crippen LogP contribution < -0.4 is 15.6 Å². The number of nitrogens with zero attached hydrogens (tertiary/aromatic N) is 1. The monoisotopic (exact) mass is 319 g/mol. The SMILES string of the molecule is O=C(NC1CCCOc2cc(Cl)ccc21)c1ccc(=O)[nH]n1. The molecule has 1 amide bonds. The molecule has 7 heteroatoms. The summed E-state index contributed by atoms with van der Waals surface area (Å²) in [4.78, 5) is 23.2. The number of carbonyl (C=O) groups excluding carboxylic acids is 1. The Morgan fingerprint density at radius 2 is 2.23 bits per heavy atom. The molecule has 0 saturated heterocycles. The number of nitrogens with one attached hydrogen (secondary N) is 2. The van der Waals surface area contributed by atoms with Crippen LogP contribution in [0.15, 0.2) is 35.1 Å². The van der Waals surface area contributed by atoms with Crippen LogP contribution in [0.1, 0.15) is 34.9 Å². The van der Waals surface area contributed by atoms with Gasteiger partial charge in [-0.1, -0.05) is 17.7 Å². The second kappa shape index (κ2) is 6.19. The van der Waals surface area contributed by atoms with Crippen molar-refractivity contribution in [3.8, 4) is 5.75 Å². The van der Waals surface area contributed by atoms with Gasteiger partial charge in [-0.05, 0) is 31.0 Å². The zero-order valence-electron chi connectivity index (χ0n) is 11.6. The lowest BCUT2D eigenvalue weighted by atomic mass is 10.0. The summed E-state index contributed by atoms with van der Waals surface area (Å²) in [5.41, 5.74) is 0.708. The van der Waals surface area contributed by atoms with Gasteiger partial charge in [-0.2, -0.15) is 5.10 Å². The lowest BCUT2D eigenvalue weighted by molar-refractivity contribution is 0.0928. The van der Waals surface area contributed by atoms with E-state index in [4.69, 9.17) is 16.3 Å². The van der Waals surface area contributed by atoms with Gasteiger partial charge in [-0.25, -0.2) is 5.10 Å². The first kappa shape index (κ1) is 14.6. The average molecular weight is 320 g/mol. The van der Waals surface area contributed by atoms with Gasteiger partial charge in [0.15, 0.2) is 0 Å². The van der Waals surface area contributed by atoms with Gasteiger partial charge in [0.2, 0.25) is 0 Å². The van der Waals surface area contributed by atoms with E-state index in [1.54, 1.807) is 12.1 Å². The molecular formula is C15H14ClN3O3. The molecule has 2 heterocycles. The topological polar surface area (TPSA) is 84.1 Å². The summed E-state index contributed by atoms with van der Waals surface area (Å²) in [7, 11) is 0. The Morgan fingerprint density at radius 3 is 3.00 bits per heavy atom. The number of amides is 1. The summed E-state index contributed by atoms with van der Waals surface area (Å²) in [6.07, 6.45) is 1.57. The first-order valence-electron chi connectivity index (χ1n) is 6.92. The molecule has 3 rings (SSSR count). The van der Waals surface area contributed by atoms with Crippen LogP contribution in [0, 0.1) is 0 Å². The second-order valence-electron chi connectivity index (χ2n) is 5.01. The van der Waals surface area contributed by atoms with E-state index < -0.39 is 0 Å². The van der Waals surface area contributed by atoms with Crippen LogP contribution in [0.25, 0.3) is 0 Å². The third-order valence-electron chi connectivity index (χ3n) is 3.46. The van der Waals surface area contributed by atoms with Crippen molar-refractivity contribution >= 4 is 17.5 Å². The first-order valence-corrected chi connectivity index (χ1v) is 7.30. The van der Waals surface area contributed by atoms with Crippen LogP contribution >= 0.6 is 11.6 Å². The van der Waals surface area contributed by atoms with E-state index in [2.05, 4.69) is 15.5 Å². The molecule has 0 aliphatic carbocycles. The molecule has 2 aromatic rings. The second-order valence-corrected chi connectivity index (χ2v) is 5.44. The van der Waals surface area contributed by atoms with Crippen molar-refractivity contribution in [2.75, 3.05) is 6.61 Å². The third kappa shape index (κ3) is 3.12. The fraction of sp³-hybridized carbons (Fsp3) is 0.267. The summed E-state index contributed by atoms with van der Waals surface area (Å²) in [5, 5.41) is 9.50. The van der Waals surface area contributed by atoms with Crippen molar-refractivity contribution in [1.29, 1.82) is 0 Å². The maximum Gasteiger partial charge on any atom is 0.272 e. The molecule has 114 valence electrons. The minimum Gasteiger partial charge on any atom is -0.493 e. The predicted molar refractivity (Wildman–Crippen MR) is 81.2 cm³/mol. The first-order chi connectivity index (χ1) is 10.6. The Bertz CT molecular complexity index is 739. The van der Waals surface area contributed by atoms with Crippen LogP contribution in [0.3, 0.4) is 0 Å². The number of hydrogen-bond donors (Lipinski definition) is 2. The molecule has 0 bridgehead atoms. The van der Waals surface area contributed by atoms with E-state index >= 15 is 0 Å². The van der Waals surface area contributed by atoms with Crippen molar-refractivity contribution in [3.63, 3.8) is 0 Å². The van der Waals surface area contributed by atoms with Crippen molar-refractivity contribution in [2.45, 2.75) is 18.9 Å². The van der Waals surface area contributed by atoms with Gasteiger partial charge >= 0.3 is 0 Å². The highest BCUT2D eigenvalue weighted by Gasteiger charge is 2.22. The summed E-state index contributed by atoms with van der Waals surface area (Å²) < 4.78 is 5.66. The summed E-state index contributed by atoms with van der Waals surface area (Å²) in [6.45, 7) is 0.580. The molecular weight excluding hydrogens is 306 g/mol. The Balaban J connectivity index is 1.84. The Hall–Kier alpha value is -2.34. The molecule has 1 aliphatic heterocycles. The van der Waals surface area contributed by atoms with E-state index in [-0.39, 0.29) is 23.2 Å². The number of fused-ring (bicyclic) bond motifs is 1. The molecule has 0 fully saturated rings. The predicted octanol–water partition coefficient (Wildman–Crippen LogP) is 2.07. The standard InChI is InChI=1S/C15H14ClN3O3/c16-9-3-4-10-11(2-1-7-22-13(10)8-9)17-15(21)12-5-6-14(20)19-18-12/h3-6,8,11H,1-2,7H2,(H,17,21)(H,19,20). The molecule has 1 aromatic carbocycles. The molecule has 0 saturated carbocycles. The lowest BCUT2D eigenvalue weighted by Gasteiger charge is -2.18. The number of hydrogen-bond acceptors (Lipinski definition) is 4. The van der Waals surface area contributed by atoms with Crippen molar-refractivity contribution in [1.82, 2.24) is 15.5 Å². The molecule has 0 spiro atoms. The Labute approximate surface area is 131 Å². The number of rotatable bonds is 2. The van der Waals surface area contributed by atoms with Gasteiger partial charge < -0.3 is 10.1 Å². The van der Waals surface area contributed by atoms with Crippen LogP contribution in [0.4, 0.5) is 0 Å². The Morgan fingerprint density at radius 1 is 1.36 bits per heavy atom. The van der Waals surface area contributed by atoms with Gasteiger partial charge in [0.25, 0.3) is 11.5 Å². The quantitative estimate of drug-likeness (QED) is 0.887. The maximum atomic E-state index is 12.3. The summed E-state index contributed by atoms with van der Waals surface area (Å²) >= 11 is 5.98. The molecule has 6 nitrogen and oxygen atoms in total. The molecule has 1 aliphatic rings.